The normalized spacial score (nSPS) is 12.6. The number of hydrogen-bond donors (Lipinski definition) is 0. The average Bonchev–Trinajstić information content (AvgIpc) is 3.20. The largest absolute Gasteiger partial charge is 0.454 e. The van der Waals surface area contributed by atoms with E-state index in [2.05, 4.69) is 48.4 Å². The van der Waals surface area contributed by atoms with Crippen molar-refractivity contribution < 1.29 is 9.47 Å². The maximum atomic E-state index is 6.37. The lowest BCUT2D eigenvalue weighted by Crippen LogP contribution is -2.04. The van der Waals surface area contributed by atoms with Crippen LogP contribution in [0.2, 0.25) is 5.02 Å². The van der Waals surface area contributed by atoms with E-state index in [1.54, 1.807) is 10.7 Å². The number of aryl methyl sites for hydroxylation is 3. The van der Waals surface area contributed by atoms with Gasteiger partial charge in [-0.2, -0.15) is 4.68 Å². The van der Waals surface area contributed by atoms with Crippen LogP contribution in [0, 0.1) is 20.8 Å². The minimum atomic E-state index is 0.229. The van der Waals surface area contributed by atoms with Crippen LogP contribution < -0.4 is 9.47 Å². The van der Waals surface area contributed by atoms with Gasteiger partial charge in [0.2, 0.25) is 11.9 Å². The summed E-state index contributed by atoms with van der Waals surface area (Å²) in [5, 5.41) is 13.6. The van der Waals surface area contributed by atoms with Crippen LogP contribution in [0.3, 0.4) is 0 Å². The molecule has 0 N–H and O–H groups in total. The zero-order chi connectivity index (χ0) is 18.3. The molecular formula is C18H17ClN4O2S. The summed E-state index contributed by atoms with van der Waals surface area (Å²) in [6, 6.07) is 7.96. The van der Waals surface area contributed by atoms with Crippen molar-refractivity contribution in [2.45, 2.75) is 31.7 Å². The summed E-state index contributed by atoms with van der Waals surface area (Å²) < 4.78 is 12.6. The molecule has 3 aromatic rings. The van der Waals surface area contributed by atoms with Gasteiger partial charge in [-0.05, 0) is 54.0 Å². The molecule has 0 radical (unpaired) electrons. The first-order valence-electron chi connectivity index (χ1n) is 8.10. The number of nitrogens with zero attached hydrogens (tertiary/aromatic N) is 4. The first-order chi connectivity index (χ1) is 12.5. The lowest BCUT2D eigenvalue weighted by atomic mass is 10.1. The van der Waals surface area contributed by atoms with E-state index in [0.717, 1.165) is 28.1 Å². The quantitative estimate of drug-likeness (QED) is 0.622. The van der Waals surface area contributed by atoms with Gasteiger partial charge in [0.05, 0.1) is 5.69 Å². The number of rotatable bonds is 4. The molecule has 4 rings (SSSR count). The molecule has 134 valence electrons. The highest BCUT2D eigenvalue weighted by atomic mass is 35.5. The summed E-state index contributed by atoms with van der Waals surface area (Å²) in [6.45, 7) is 6.45. The maximum Gasteiger partial charge on any atom is 0.231 e. The molecule has 1 aliphatic heterocycles. The van der Waals surface area contributed by atoms with E-state index < -0.39 is 0 Å². The number of ether oxygens (including phenoxy) is 2. The highest BCUT2D eigenvalue weighted by Gasteiger charge is 2.18. The summed E-state index contributed by atoms with van der Waals surface area (Å²) >= 11 is 7.89. The Bertz CT molecular complexity index is 966. The minimum Gasteiger partial charge on any atom is -0.454 e. The molecule has 0 fully saturated rings. The molecule has 0 atom stereocenters. The molecule has 0 unspecified atom stereocenters. The Hall–Kier alpha value is -2.25. The maximum absolute atomic E-state index is 6.37. The van der Waals surface area contributed by atoms with Gasteiger partial charge in [0, 0.05) is 16.8 Å². The lowest BCUT2D eigenvalue weighted by molar-refractivity contribution is 0.174. The molecule has 26 heavy (non-hydrogen) atoms. The summed E-state index contributed by atoms with van der Waals surface area (Å²) in [6.07, 6.45) is 0. The third kappa shape index (κ3) is 3.12. The fraction of sp³-hybridized carbons (Fsp3) is 0.278. The van der Waals surface area contributed by atoms with Gasteiger partial charge in [-0.3, -0.25) is 0 Å². The Kier molecular flexibility index (Phi) is 4.50. The first-order valence-corrected chi connectivity index (χ1v) is 9.46. The third-order valence-corrected chi connectivity index (χ3v) is 5.51. The van der Waals surface area contributed by atoms with Gasteiger partial charge < -0.3 is 9.47 Å². The van der Waals surface area contributed by atoms with Gasteiger partial charge in [0.15, 0.2) is 11.5 Å². The van der Waals surface area contributed by atoms with Crippen LogP contribution in [0.1, 0.15) is 22.3 Å². The summed E-state index contributed by atoms with van der Waals surface area (Å²) in [4.78, 5) is 0. The number of aromatic nitrogens is 4. The predicted molar refractivity (Wildman–Crippen MR) is 101 cm³/mol. The van der Waals surface area contributed by atoms with Crippen LogP contribution in [-0.2, 0) is 5.75 Å². The van der Waals surface area contributed by atoms with Crippen LogP contribution in [0.25, 0.3) is 5.69 Å². The molecule has 1 aromatic heterocycles. The van der Waals surface area contributed by atoms with E-state index in [-0.39, 0.29) is 6.79 Å². The van der Waals surface area contributed by atoms with Crippen LogP contribution in [0.15, 0.2) is 29.4 Å². The van der Waals surface area contributed by atoms with Crippen molar-refractivity contribution in [2.24, 2.45) is 0 Å². The van der Waals surface area contributed by atoms with E-state index >= 15 is 0 Å². The number of halogens is 1. The molecule has 6 nitrogen and oxygen atoms in total. The van der Waals surface area contributed by atoms with Crippen molar-refractivity contribution in [3.05, 3.63) is 51.5 Å². The SMILES string of the molecule is Cc1cc(C)c(-n2nnnc2SCc2cc3c(cc2Cl)OCO3)c(C)c1. The molecule has 0 aliphatic carbocycles. The molecule has 1 aliphatic rings. The van der Waals surface area contributed by atoms with E-state index in [4.69, 9.17) is 21.1 Å². The van der Waals surface area contributed by atoms with Crippen molar-refractivity contribution in [3.8, 4) is 17.2 Å². The van der Waals surface area contributed by atoms with Gasteiger partial charge in [-0.25, -0.2) is 0 Å². The molecule has 2 heterocycles. The van der Waals surface area contributed by atoms with E-state index in [9.17, 15) is 0 Å². The van der Waals surface area contributed by atoms with E-state index in [0.29, 0.717) is 21.7 Å². The lowest BCUT2D eigenvalue weighted by Gasteiger charge is -2.12. The molecule has 0 amide bonds. The Morgan fingerprint density at radius 3 is 2.50 bits per heavy atom. The van der Waals surface area contributed by atoms with Gasteiger partial charge in [0.1, 0.15) is 0 Å². The predicted octanol–water partition coefficient (Wildman–Crippen LogP) is 4.26. The Morgan fingerprint density at radius 2 is 1.77 bits per heavy atom. The Labute approximate surface area is 160 Å². The van der Waals surface area contributed by atoms with Crippen LogP contribution in [-0.4, -0.2) is 27.0 Å². The summed E-state index contributed by atoms with van der Waals surface area (Å²) in [5.74, 6) is 2.02. The first kappa shape index (κ1) is 17.2. The Balaban J connectivity index is 1.61. The molecule has 2 aromatic carbocycles. The number of benzene rings is 2. The average molecular weight is 389 g/mol. The van der Waals surface area contributed by atoms with Crippen LogP contribution in [0.4, 0.5) is 0 Å². The molecular weight excluding hydrogens is 372 g/mol. The van der Waals surface area contributed by atoms with Crippen molar-refractivity contribution >= 4 is 23.4 Å². The van der Waals surface area contributed by atoms with Gasteiger partial charge in [0.25, 0.3) is 0 Å². The minimum absolute atomic E-state index is 0.229. The summed E-state index contributed by atoms with van der Waals surface area (Å²) in [5.41, 5.74) is 5.46. The standard InChI is InChI=1S/C18H17ClN4O2S/c1-10-4-11(2)17(12(3)5-10)23-18(20-21-22-23)26-8-13-6-15-16(7-14(13)19)25-9-24-15/h4-7H,8-9H2,1-3H3. The van der Waals surface area contributed by atoms with Crippen molar-refractivity contribution in [1.82, 2.24) is 20.2 Å². The second-order valence-corrected chi connectivity index (χ2v) is 7.56. The van der Waals surface area contributed by atoms with Gasteiger partial charge in [-0.15, -0.1) is 5.10 Å². The van der Waals surface area contributed by atoms with Crippen LogP contribution in [0.5, 0.6) is 11.5 Å². The highest BCUT2D eigenvalue weighted by molar-refractivity contribution is 7.98. The second-order valence-electron chi connectivity index (χ2n) is 6.21. The molecule has 8 heteroatoms. The number of hydrogen-bond acceptors (Lipinski definition) is 6. The van der Waals surface area contributed by atoms with Gasteiger partial charge in [-0.1, -0.05) is 41.1 Å². The molecule has 0 saturated heterocycles. The topological polar surface area (TPSA) is 62.1 Å². The fourth-order valence-electron chi connectivity index (χ4n) is 3.13. The Morgan fingerprint density at radius 1 is 1.08 bits per heavy atom. The number of tetrazole rings is 1. The molecule has 0 spiro atoms. The highest BCUT2D eigenvalue weighted by Crippen LogP contribution is 2.38. The second kappa shape index (κ2) is 6.81. The van der Waals surface area contributed by atoms with Crippen molar-refractivity contribution in [3.63, 3.8) is 0 Å². The number of thioether (sulfide) groups is 1. The summed E-state index contributed by atoms with van der Waals surface area (Å²) in [7, 11) is 0. The van der Waals surface area contributed by atoms with E-state index in [1.165, 1.54) is 17.3 Å². The van der Waals surface area contributed by atoms with Crippen LogP contribution >= 0.6 is 23.4 Å². The smallest absolute Gasteiger partial charge is 0.231 e. The number of fused-ring (bicyclic) bond motifs is 1. The van der Waals surface area contributed by atoms with Gasteiger partial charge >= 0.3 is 0 Å². The van der Waals surface area contributed by atoms with E-state index in [1.807, 2.05) is 6.07 Å². The van der Waals surface area contributed by atoms with Crippen molar-refractivity contribution in [1.29, 1.82) is 0 Å². The van der Waals surface area contributed by atoms with Crippen molar-refractivity contribution in [2.75, 3.05) is 6.79 Å². The zero-order valence-corrected chi connectivity index (χ0v) is 16.2. The fourth-order valence-corrected chi connectivity index (χ4v) is 4.30. The monoisotopic (exact) mass is 388 g/mol. The zero-order valence-electron chi connectivity index (χ0n) is 14.6. The molecule has 0 saturated carbocycles. The third-order valence-electron chi connectivity index (χ3n) is 4.19. The molecule has 0 bridgehead atoms.